The van der Waals surface area contributed by atoms with E-state index in [4.69, 9.17) is 14.2 Å². The Morgan fingerprint density at radius 3 is 2.43 bits per heavy atom. The van der Waals surface area contributed by atoms with E-state index in [1.165, 1.54) is 20.3 Å². The fraction of sp³-hybridized carbons (Fsp3) is 0.350. The van der Waals surface area contributed by atoms with Crippen LogP contribution in [0, 0.1) is 15.3 Å². The number of aromatic nitrogens is 2. The van der Waals surface area contributed by atoms with Crippen LogP contribution in [0.3, 0.4) is 0 Å². The van der Waals surface area contributed by atoms with E-state index in [1.807, 2.05) is 10.7 Å². The normalized spacial score (nSPS) is 17.1. The van der Waals surface area contributed by atoms with E-state index in [0.717, 1.165) is 33.9 Å². The van der Waals surface area contributed by atoms with E-state index in [9.17, 15) is 8.78 Å². The second-order valence-corrected chi connectivity index (χ2v) is 7.59. The highest BCUT2D eigenvalue weighted by molar-refractivity contribution is 14.1. The lowest BCUT2D eigenvalue weighted by molar-refractivity contribution is -0.0368. The van der Waals surface area contributed by atoms with Gasteiger partial charge in [0.2, 0.25) is 0 Å². The summed E-state index contributed by atoms with van der Waals surface area (Å²) in [5.41, 5.74) is 0.966. The minimum absolute atomic E-state index is 0.0768. The minimum atomic E-state index is -0.769. The predicted octanol–water partition coefficient (Wildman–Crippen LogP) is 5.30. The molecule has 1 aliphatic rings. The van der Waals surface area contributed by atoms with Crippen molar-refractivity contribution in [3.63, 3.8) is 0 Å². The smallest absolute Gasteiger partial charge is 0.176 e. The monoisotopic (exact) mass is 500 g/mol. The lowest BCUT2D eigenvalue weighted by Crippen LogP contribution is -2.19. The van der Waals surface area contributed by atoms with Crippen LogP contribution in [-0.2, 0) is 4.74 Å². The van der Waals surface area contributed by atoms with Gasteiger partial charge in [-0.25, -0.2) is 13.5 Å². The Labute approximate surface area is 174 Å². The number of ether oxygens (including phenoxy) is 3. The summed E-state index contributed by atoms with van der Waals surface area (Å²) in [5, 5.41) is 5.51. The number of hydrogen-bond acceptors (Lipinski definition) is 4. The molecule has 0 radical (unpaired) electrons. The van der Waals surface area contributed by atoms with E-state index in [-0.39, 0.29) is 23.3 Å². The quantitative estimate of drug-likeness (QED) is 0.457. The number of rotatable bonds is 4. The molecule has 5 nitrogen and oxygen atoms in total. The molecular weight excluding hydrogens is 481 g/mol. The predicted molar refractivity (Wildman–Crippen MR) is 110 cm³/mol. The molecule has 0 amide bonds. The van der Waals surface area contributed by atoms with Gasteiger partial charge in [-0.05, 0) is 59.5 Å². The molecule has 1 aliphatic heterocycles. The number of methoxy groups -OCH3 is 2. The fourth-order valence-electron chi connectivity index (χ4n) is 3.53. The average Bonchev–Trinajstić information content (AvgIpc) is 3.05. The molecule has 0 saturated carbocycles. The Morgan fingerprint density at radius 1 is 1.11 bits per heavy atom. The molecule has 2 heterocycles. The van der Waals surface area contributed by atoms with Crippen molar-refractivity contribution in [1.82, 2.24) is 9.78 Å². The average molecular weight is 500 g/mol. The van der Waals surface area contributed by atoms with Crippen molar-refractivity contribution in [2.45, 2.75) is 25.5 Å². The van der Waals surface area contributed by atoms with Gasteiger partial charge in [-0.2, -0.15) is 5.10 Å². The summed E-state index contributed by atoms with van der Waals surface area (Å²) in [6.07, 6.45) is 2.76. The van der Waals surface area contributed by atoms with Gasteiger partial charge in [0.05, 0.1) is 25.3 Å². The zero-order chi connectivity index (χ0) is 19.8. The first-order valence-electron chi connectivity index (χ1n) is 8.95. The molecule has 8 heteroatoms. The molecule has 4 rings (SSSR count). The summed E-state index contributed by atoms with van der Waals surface area (Å²) in [6.45, 7) is 0.679. The number of benzene rings is 2. The van der Waals surface area contributed by atoms with Gasteiger partial charge in [-0.3, -0.25) is 0 Å². The van der Waals surface area contributed by atoms with Crippen molar-refractivity contribution in [3.8, 4) is 22.6 Å². The molecule has 2 aromatic carbocycles. The molecule has 0 bridgehead atoms. The van der Waals surface area contributed by atoms with Crippen LogP contribution in [0.1, 0.15) is 25.5 Å². The molecule has 0 aliphatic carbocycles. The second-order valence-electron chi connectivity index (χ2n) is 6.57. The topological polar surface area (TPSA) is 45.5 Å². The van der Waals surface area contributed by atoms with E-state index >= 15 is 0 Å². The minimum Gasteiger partial charge on any atom is -0.494 e. The van der Waals surface area contributed by atoms with Crippen molar-refractivity contribution < 1.29 is 23.0 Å². The number of hydrogen-bond donors (Lipinski definition) is 0. The van der Waals surface area contributed by atoms with Crippen LogP contribution in [0.15, 0.2) is 24.3 Å². The Kier molecular flexibility index (Phi) is 5.42. The number of nitrogens with zero attached hydrogens (tertiary/aromatic N) is 2. The Balaban J connectivity index is 1.91. The molecule has 1 atom stereocenters. The highest BCUT2D eigenvalue weighted by Gasteiger charge is 2.24. The SMILES string of the molecule is COc1cc(OC)c(F)c(-c2ccc3c(I)nn(C4CCCCO4)c3c2)c1F. The summed E-state index contributed by atoms with van der Waals surface area (Å²) in [4.78, 5) is 0. The molecule has 1 saturated heterocycles. The van der Waals surface area contributed by atoms with Crippen molar-refractivity contribution in [2.75, 3.05) is 20.8 Å². The maximum atomic E-state index is 14.9. The van der Waals surface area contributed by atoms with Gasteiger partial charge in [0.25, 0.3) is 0 Å². The van der Waals surface area contributed by atoms with Gasteiger partial charge in [-0.1, -0.05) is 6.07 Å². The first-order chi connectivity index (χ1) is 13.5. The van der Waals surface area contributed by atoms with Crippen molar-refractivity contribution in [1.29, 1.82) is 0 Å². The van der Waals surface area contributed by atoms with Crippen LogP contribution < -0.4 is 9.47 Å². The van der Waals surface area contributed by atoms with Crippen LogP contribution in [0.4, 0.5) is 8.78 Å². The van der Waals surface area contributed by atoms with Gasteiger partial charge in [0.15, 0.2) is 29.4 Å². The zero-order valence-corrected chi connectivity index (χ0v) is 17.6. The maximum absolute atomic E-state index is 14.9. The van der Waals surface area contributed by atoms with Crippen LogP contribution in [0.5, 0.6) is 11.5 Å². The van der Waals surface area contributed by atoms with Gasteiger partial charge >= 0.3 is 0 Å². The Hall–Kier alpha value is -1.94. The molecule has 1 aromatic heterocycles. The standard InChI is InChI=1S/C20H19F2IN2O3/c1-26-14-10-15(27-2)19(22)17(18(14)21)11-6-7-12-13(9-11)25(24-20(12)23)16-5-3-4-8-28-16/h6-7,9-10,16H,3-5,8H2,1-2H3. The van der Waals surface area contributed by atoms with Gasteiger partial charge in [0.1, 0.15) is 3.70 Å². The molecule has 28 heavy (non-hydrogen) atoms. The molecule has 0 spiro atoms. The second kappa shape index (κ2) is 7.82. The fourth-order valence-corrected chi connectivity index (χ4v) is 4.22. The first-order valence-corrected chi connectivity index (χ1v) is 10.0. The molecule has 0 N–H and O–H groups in total. The number of fused-ring (bicyclic) bond motifs is 1. The first kappa shape index (κ1) is 19.4. The van der Waals surface area contributed by atoms with Crippen LogP contribution in [-0.4, -0.2) is 30.6 Å². The van der Waals surface area contributed by atoms with E-state index in [1.54, 1.807) is 12.1 Å². The molecule has 1 unspecified atom stereocenters. The number of halogens is 3. The summed E-state index contributed by atoms with van der Waals surface area (Å²) in [5.74, 6) is -1.69. The molecule has 3 aromatic rings. The van der Waals surface area contributed by atoms with Crippen LogP contribution >= 0.6 is 22.6 Å². The maximum Gasteiger partial charge on any atom is 0.176 e. The van der Waals surface area contributed by atoms with Crippen molar-refractivity contribution >= 4 is 33.5 Å². The van der Waals surface area contributed by atoms with Crippen molar-refractivity contribution in [2.24, 2.45) is 0 Å². The Morgan fingerprint density at radius 2 is 1.82 bits per heavy atom. The summed E-state index contributed by atoms with van der Waals surface area (Å²) < 4.78 is 48.5. The summed E-state index contributed by atoms with van der Waals surface area (Å²) in [7, 11) is 2.67. The van der Waals surface area contributed by atoms with Gasteiger partial charge in [-0.15, -0.1) is 0 Å². The summed E-state index contributed by atoms with van der Waals surface area (Å²) >= 11 is 2.16. The van der Waals surface area contributed by atoms with Gasteiger partial charge < -0.3 is 14.2 Å². The molecule has 148 valence electrons. The third kappa shape index (κ3) is 3.22. The third-order valence-corrected chi connectivity index (χ3v) is 5.75. The molecule has 1 fully saturated rings. The third-order valence-electron chi connectivity index (χ3n) is 4.95. The van der Waals surface area contributed by atoms with Gasteiger partial charge in [0, 0.05) is 18.1 Å². The van der Waals surface area contributed by atoms with E-state index < -0.39 is 11.6 Å². The lowest BCUT2D eigenvalue weighted by Gasteiger charge is -2.23. The summed E-state index contributed by atoms with van der Waals surface area (Å²) in [6, 6.07) is 6.45. The van der Waals surface area contributed by atoms with E-state index in [2.05, 4.69) is 27.7 Å². The van der Waals surface area contributed by atoms with Crippen LogP contribution in [0.25, 0.3) is 22.0 Å². The highest BCUT2D eigenvalue weighted by atomic mass is 127. The zero-order valence-electron chi connectivity index (χ0n) is 15.5. The van der Waals surface area contributed by atoms with Crippen molar-refractivity contribution in [3.05, 3.63) is 39.6 Å². The molecular formula is C20H19F2IN2O3. The van der Waals surface area contributed by atoms with Crippen LogP contribution in [0.2, 0.25) is 0 Å². The van der Waals surface area contributed by atoms with E-state index in [0.29, 0.717) is 12.2 Å². The largest absolute Gasteiger partial charge is 0.494 e. The lowest BCUT2D eigenvalue weighted by atomic mass is 10.0. The Bertz CT molecular complexity index is 1000. The highest BCUT2D eigenvalue weighted by Crippen LogP contribution is 2.39.